The fourth-order valence-corrected chi connectivity index (χ4v) is 2.04. The predicted octanol–water partition coefficient (Wildman–Crippen LogP) is 1.99. The van der Waals surface area contributed by atoms with E-state index < -0.39 is 0 Å². The van der Waals surface area contributed by atoms with Crippen molar-refractivity contribution < 1.29 is 9.53 Å². The number of tetrazole rings is 1. The molecule has 0 atom stereocenters. The average molecular weight is 309 g/mol. The molecule has 0 spiro atoms. The zero-order valence-electron chi connectivity index (χ0n) is 12.5. The summed E-state index contributed by atoms with van der Waals surface area (Å²) in [6.07, 6.45) is 0. The van der Waals surface area contributed by atoms with Crippen LogP contribution in [0.25, 0.3) is 11.4 Å². The molecule has 1 heterocycles. The van der Waals surface area contributed by atoms with Gasteiger partial charge in [-0.2, -0.15) is 4.80 Å². The number of nitrogens with one attached hydrogen (secondary N) is 1. The van der Waals surface area contributed by atoms with Gasteiger partial charge in [0.05, 0.1) is 7.11 Å². The van der Waals surface area contributed by atoms with Crippen LogP contribution in [-0.4, -0.2) is 33.2 Å². The Labute approximate surface area is 132 Å². The van der Waals surface area contributed by atoms with E-state index in [0.717, 1.165) is 5.56 Å². The summed E-state index contributed by atoms with van der Waals surface area (Å²) in [4.78, 5) is 13.3. The molecule has 0 aliphatic carbocycles. The highest BCUT2D eigenvalue weighted by atomic mass is 16.5. The van der Waals surface area contributed by atoms with Gasteiger partial charge in [-0.3, -0.25) is 4.79 Å². The Morgan fingerprint density at radius 2 is 2.00 bits per heavy atom. The first-order valence-electron chi connectivity index (χ1n) is 7.02. The summed E-state index contributed by atoms with van der Waals surface area (Å²) in [5, 5.41) is 14.8. The first-order valence-corrected chi connectivity index (χ1v) is 7.02. The number of hydrogen-bond donors (Lipinski definition) is 1. The second-order valence-electron chi connectivity index (χ2n) is 4.79. The lowest BCUT2D eigenvalue weighted by Gasteiger charge is -2.06. The van der Waals surface area contributed by atoms with Gasteiger partial charge < -0.3 is 10.1 Å². The largest absolute Gasteiger partial charge is 0.497 e. The Morgan fingerprint density at radius 3 is 2.78 bits per heavy atom. The number of ether oxygens (including phenoxy) is 1. The highest BCUT2D eigenvalue weighted by Gasteiger charge is 2.09. The number of carbonyl (C=O) groups is 1. The molecule has 116 valence electrons. The van der Waals surface area contributed by atoms with E-state index in [9.17, 15) is 4.79 Å². The lowest BCUT2D eigenvalue weighted by atomic mass is 10.2. The van der Waals surface area contributed by atoms with Crippen LogP contribution in [0.15, 0.2) is 54.6 Å². The van der Waals surface area contributed by atoms with Crippen molar-refractivity contribution in [3.63, 3.8) is 0 Å². The van der Waals surface area contributed by atoms with Crippen LogP contribution in [0.1, 0.15) is 0 Å². The lowest BCUT2D eigenvalue weighted by molar-refractivity contribution is -0.117. The first kappa shape index (κ1) is 14.7. The minimum atomic E-state index is -0.240. The summed E-state index contributed by atoms with van der Waals surface area (Å²) in [5.74, 6) is 0.920. The molecule has 0 saturated carbocycles. The van der Waals surface area contributed by atoms with E-state index in [1.54, 1.807) is 31.4 Å². The molecule has 7 nitrogen and oxygen atoms in total. The molecule has 3 rings (SSSR count). The van der Waals surface area contributed by atoms with Crippen molar-refractivity contribution >= 4 is 11.6 Å². The van der Waals surface area contributed by atoms with Crippen LogP contribution in [0.2, 0.25) is 0 Å². The van der Waals surface area contributed by atoms with Crippen LogP contribution in [0, 0.1) is 0 Å². The quantitative estimate of drug-likeness (QED) is 0.779. The van der Waals surface area contributed by atoms with Crippen molar-refractivity contribution in [1.82, 2.24) is 20.2 Å². The molecule has 2 aromatic carbocycles. The minimum Gasteiger partial charge on any atom is -0.497 e. The van der Waals surface area contributed by atoms with Crippen molar-refractivity contribution in [2.45, 2.75) is 6.54 Å². The molecule has 1 aromatic heterocycles. The van der Waals surface area contributed by atoms with Gasteiger partial charge in [-0.05, 0) is 17.3 Å². The summed E-state index contributed by atoms with van der Waals surface area (Å²) in [6.45, 7) is -0.0168. The van der Waals surface area contributed by atoms with Gasteiger partial charge in [0.25, 0.3) is 0 Å². The summed E-state index contributed by atoms with van der Waals surface area (Å²) in [6, 6.07) is 16.6. The van der Waals surface area contributed by atoms with Gasteiger partial charge in [0.1, 0.15) is 12.3 Å². The maximum Gasteiger partial charge on any atom is 0.248 e. The topological polar surface area (TPSA) is 81.9 Å². The van der Waals surface area contributed by atoms with Crippen molar-refractivity contribution in [3.8, 4) is 17.1 Å². The second kappa shape index (κ2) is 6.69. The standard InChI is InChI=1S/C16H15N5O2/c1-23-14-9-5-8-13(10-14)17-15(22)11-21-19-16(18-20-21)12-6-3-2-4-7-12/h2-10H,11H2,1H3,(H,17,22). The summed E-state index contributed by atoms with van der Waals surface area (Å²) >= 11 is 0. The number of aromatic nitrogens is 4. The lowest BCUT2D eigenvalue weighted by Crippen LogP contribution is -2.20. The molecule has 0 fully saturated rings. The molecule has 0 saturated heterocycles. The number of nitrogens with zero attached hydrogens (tertiary/aromatic N) is 4. The number of hydrogen-bond acceptors (Lipinski definition) is 5. The van der Waals surface area contributed by atoms with E-state index in [-0.39, 0.29) is 12.5 Å². The van der Waals surface area contributed by atoms with Crippen LogP contribution in [0.5, 0.6) is 5.75 Å². The van der Waals surface area contributed by atoms with E-state index in [2.05, 4.69) is 20.7 Å². The van der Waals surface area contributed by atoms with Gasteiger partial charge in [-0.25, -0.2) is 0 Å². The molecule has 7 heteroatoms. The highest BCUT2D eigenvalue weighted by molar-refractivity contribution is 5.90. The minimum absolute atomic E-state index is 0.0168. The third-order valence-corrected chi connectivity index (χ3v) is 3.12. The molecular formula is C16H15N5O2. The third-order valence-electron chi connectivity index (χ3n) is 3.12. The number of anilines is 1. The molecule has 0 radical (unpaired) electrons. The molecule has 1 N–H and O–H groups in total. The SMILES string of the molecule is COc1cccc(NC(=O)Cn2nnc(-c3ccccc3)n2)c1. The Balaban J connectivity index is 1.65. The number of amides is 1. The molecule has 3 aromatic rings. The maximum absolute atomic E-state index is 12.0. The summed E-state index contributed by atoms with van der Waals surface area (Å²) in [7, 11) is 1.57. The summed E-state index contributed by atoms with van der Waals surface area (Å²) < 4.78 is 5.12. The number of carbonyl (C=O) groups excluding carboxylic acids is 1. The predicted molar refractivity (Wildman–Crippen MR) is 84.9 cm³/mol. The zero-order valence-corrected chi connectivity index (χ0v) is 12.5. The van der Waals surface area contributed by atoms with Gasteiger partial charge in [-0.15, -0.1) is 10.2 Å². The fourth-order valence-electron chi connectivity index (χ4n) is 2.04. The van der Waals surface area contributed by atoms with E-state index in [0.29, 0.717) is 17.3 Å². The van der Waals surface area contributed by atoms with Gasteiger partial charge in [0, 0.05) is 17.3 Å². The molecule has 1 amide bonds. The van der Waals surface area contributed by atoms with Gasteiger partial charge in [-0.1, -0.05) is 36.4 Å². The van der Waals surface area contributed by atoms with E-state index in [4.69, 9.17) is 4.74 Å². The number of benzene rings is 2. The normalized spacial score (nSPS) is 10.3. The van der Waals surface area contributed by atoms with Crippen LogP contribution >= 0.6 is 0 Å². The van der Waals surface area contributed by atoms with E-state index >= 15 is 0 Å². The molecule has 0 bridgehead atoms. The maximum atomic E-state index is 12.0. The number of rotatable bonds is 5. The molecule has 23 heavy (non-hydrogen) atoms. The first-order chi connectivity index (χ1) is 11.2. The van der Waals surface area contributed by atoms with Crippen molar-refractivity contribution in [2.24, 2.45) is 0 Å². The van der Waals surface area contributed by atoms with Gasteiger partial charge in [0.2, 0.25) is 11.7 Å². The van der Waals surface area contributed by atoms with Gasteiger partial charge >= 0.3 is 0 Å². The Hall–Kier alpha value is -3.22. The van der Waals surface area contributed by atoms with Crippen molar-refractivity contribution in [3.05, 3.63) is 54.6 Å². The Bertz CT molecular complexity index is 801. The Morgan fingerprint density at radius 1 is 1.17 bits per heavy atom. The third kappa shape index (κ3) is 3.70. The molecule has 0 unspecified atom stereocenters. The molecule has 0 aliphatic heterocycles. The van der Waals surface area contributed by atoms with E-state index in [1.165, 1.54) is 4.80 Å². The smallest absolute Gasteiger partial charge is 0.248 e. The number of methoxy groups -OCH3 is 1. The average Bonchev–Trinajstić information content (AvgIpc) is 3.04. The van der Waals surface area contributed by atoms with Crippen LogP contribution < -0.4 is 10.1 Å². The second-order valence-corrected chi connectivity index (χ2v) is 4.79. The highest BCUT2D eigenvalue weighted by Crippen LogP contribution is 2.16. The zero-order chi connectivity index (χ0) is 16.1. The van der Waals surface area contributed by atoms with E-state index in [1.807, 2.05) is 30.3 Å². The van der Waals surface area contributed by atoms with Crippen LogP contribution in [0.3, 0.4) is 0 Å². The van der Waals surface area contributed by atoms with Gasteiger partial charge in [0.15, 0.2) is 0 Å². The molecule has 0 aliphatic rings. The summed E-state index contributed by atoms with van der Waals surface area (Å²) in [5.41, 5.74) is 1.50. The molecular weight excluding hydrogens is 294 g/mol. The Kier molecular flexibility index (Phi) is 4.28. The van der Waals surface area contributed by atoms with Crippen LogP contribution in [0.4, 0.5) is 5.69 Å². The van der Waals surface area contributed by atoms with Crippen molar-refractivity contribution in [1.29, 1.82) is 0 Å². The van der Waals surface area contributed by atoms with Crippen molar-refractivity contribution in [2.75, 3.05) is 12.4 Å². The fraction of sp³-hybridized carbons (Fsp3) is 0.125. The monoisotopic (exact) mass is 309 g/mol. The van der Waals surface area contributed by atoms with Crippen LogP contribution in [-0.2, 0) is 11.3 Å².